The monoisotopic (exact) mass is 573 g/mol. The number of methoxy groups -OCH3 is 1. The highest BCUT2D eigenvalue weighted by Gasteiger charge is 2.52. The van der Waals surface area contributed by atoms with Gasteiger partial charge in [0.15, 0.2) is 14.6 Å². The van der Waals surface area contributed by atoms with Crippen LogP contribution in [0, 0.1) is 13.8 Å². The lowest BCUT2D eigenvalue weighted by molar-refractivity contribution is -0.662. The molecule has 1 aromatic heterocycles. The lowest BCUT2D eigenvalue weighted by Gasteiger charge is -2.39. The van der Waals surface area contributed by atoms with Crippen LogP contribution in [-0.4, -0.2) is 84.2 Å². The molecule has 0 atom stereocenters. The van der Waals surface area contributed by atoms with Crippen LogP contribution in [0.4, 0.5) is 0 Å². The third-order valence-electron chi connectivity index (χ3n) is 7.46. The Morgan fingerprint density at radius 3 is 2.45 bits per heavy atom. The number of benzene rings is 2. The second-order valence-corrected chi connectivity index (χ2v) is 12.2. The highest BCUT2D eigenvalue weighted by Crippen LogP contribution is 2.36. The maximum Gasteiger partial charge on any atom is 0.291 e. The number of carbonyl (C=O) groups is 1. The number of nitrogens with zero attached hydrogens (tertiary/aromatic N) is 5. The first-order valence-corrected chi connectivity index (χ1v) is 14.7. The summed E-state index contributed by atoms with van der Waals surface area (Å²) < 4.78 is 38.1. The van der Waals surface area contributed by atoms with Crippen molar-refractivity contribution < 1.29 is 32.6 Å². The highest BCUT2D eigenvalue weighted by molar-refractivity contribution is 7.93. The maximum absolute atomic E-state index is 13.6. The van der Waals surface area contributed by atoms with E-state index < -0.39 is 20.5 Å². The Labute approximate surface area is 234 Å². The third kappa shape index (κ3) is 6.33. The highest BCUT2D eigenvalue weighted by atomic mass is 32.2. The molecule has 40 heavy (non-hydrogen) atoms. The van der Waals surface area contributed by atoms with Crippen molar-refractivity contribution in [1.29, 1.82) is 0 Å². The first kappa shape index (κ1) is 29.6. The molecule has 1 fully saturated rings. The number of sulfone groups is 1. The van der Waals surface area contributed by atoms with Crippen molar-refractivity contribution in [3.63, 3.8) is 0 Å². The summed E-state index contributed by atoms with van der Waals surface area (Å²) in [5, 5.41) is 18.1. The van der Waals surface area contributed by atoms with E-state index in [0.717, 1.165) is 5.69 Å². The zero-order valence-electron chi connectivity index (χ0n) is 23.1. The van der Waals surface area contributed by atoms with Gasteiger partial charge in [0.2, 0.25) is 0 Å². The van der Waals surface area contributed by atoms with Gasteiger partial charge in [-0.25, -0.2) is 13.9 Å². The van der Waals surface area contributed by atoms with Gasteiger partial charge < -0.3 is 14.4 Å². The molecule has 1 amide bonds. The van der Waals surface area contributed by atoms with E-state index in [-0.39, 0.29) is 17.7 Å². The predicted molar refractivity (Wildman–Crippen MR) is 145 cm³/mol. The zero-order chi connectivity index (χ0) is 28.8. The third-order valence-corrected chi connectivity index (χ3v) is 9.97. The smallest absolute Gasteiger partial charge is 0.291 e. The van der Waals surface area contributed by atoms with Crippen LogP contribution in [0.15, 0.2) is 53.7 Å². The number of carbonyl (C=O) groups excluding carboxylic acids is 1. The van der Waals surface area contributed by atoms with Gasteiger partial charge in [-0.1, -0.05) is 6.07 Å². The van der Waals surface area contributed by atoms with E-state index in [0.29, 0.717) is 51.6 Å². The molecule has 2 aromatic carbocycles. The quantitative estimate of drug-likeness (QED) is 0.142. The number of piperidine rings is 1. The van der Waals surface area contributed by atoms with E-state index in [1.165, 1.54) is 23.3 Å². The second-order valence-electron chi connectivity index (χ2n) is 9.98. The molecule has 1 saturated heterocycles. The van der Waals surface area contributed by atoms with E-state index >= 15 is 0 Å². The first-order valence-electron chi connectivity index (χ1n) is 13.2. The van der Waals surface area contributed by atoms with E-state index in [1.54, 1.807) is 40.5 Å². The van der Waals surface area contributed by atoms with Gasteiger partial charge in [-0.2, -0.15) is 0 Å². The van der Waals surface area contributed by atoms with Crippen LogP contribution in [0.3, 0.4) is 0 Å². The van der Waals surface area contributed by atoms with E-state index in [4.69, 9.17) is 9.47 Å². The Bertz CT molecular complexity index is 1400. The van der Waals surface area contributed by atoms with Crippen LogP contribution in [0.2, 0.25) is 0 Å². The van der Waals surface area contributed by atoms with Crippen molar-refractivity contribution >= 4 is 15.7 Å². The minimum atomic E-state index is -4.09. The first-order chi connectivity index (χ1) is 19.2. The van der Waals surface area contributed by atoms with Crippen molar-refractivity contribution in [2.45, 2.75) is 49.3 Å². The normalized spacial score (nSPS) is 15.6. The van der Waals surface area contributed by atoms with Gasteiger partial charge in [-0.3, -0.25) is 10.0 Å². The minimum Gasteiger partial charge on any atom is -0.493 e. The summed E-state index contributed by atoms with van der Waals surface area (Å²) >= 11 is 0. The SMILES string of the molecule is COCCN1CCC(C(=O)NO)(S(=O)(=O)c2ccc(OCCCn3nc[n+](-c4ccc(C)c(C)c4)n3)cc2)CC1. The summed E-state index contributed by atoms with van der Waals surface area (Å²) in [6, 6.07) is 12.1. The Morgan fingerprint density at radius 2 is 1.80 bits per heavy atom. The van der Waals surface area contributed by atoms with Crippen LogP contribution in [0.1, 0.15) is 30.4 Å². The Kier molecular flexibility index (Phi) is 9.51. The molecular weight excluding hydrogens is 536 g/mol. The van der Waals surface area contributed by atoms with Gasteiger partial charge in [0.25, 0.3) is 12.2 Å². The molecular formula is C27H37N6O6S+. The largest absolute Gasteiger partial charge is 0.493 e. The number of hydrogen-bond acceptors (Lipinski definition) is 9. The average Bonchev–Trinajstić information content (AvgIpc) is 3.44. The summed E-state index contributed by atoms with van der Waals surface area (Å²) in [5.41, 5.74) is 4.92. The van der Waals surface area contributed by atoms with Crippen molar-refractivity contribution in [1.82, 2.24) is 25.5 Å². The molecule has 2 heterocycles. The van der Waals surface area contributed by atoms with Crippen molar-refractivity contribution in [3.05, 3.63) is 59.9 Å². The molecule has 1 aliphatic rings. The molecule has 2 N–H and O–H groups in total. The number of amides is 1. The number of hydroxylamine groups is 1. The molecule has 4 rings (SSSR count). The molecule has 1 aliphatic heterocycles. The summed E-state index contributed by atoms with van der Waals surface area (Å²) in [6.45, 7) is 6.99. The van der Waals surface area contributed by atoms with Gasteiger partial charge in [-0.05, 0) is 79.0 Å². The Balaban J connectivity index is 1.33. The predicted octanol–water partition coefficient (Wildman–Crippen LogP) is 1.40. The lowest BCUT2D eigenvalue weighted by Crippen LogP contribution is -2.57. The van der Waals surface area contributed by atoms with Gasteiger partial charge in [0, 0.05) is 33.2 Å². The number of rotatable bonds is 12. The fourth-order valence-corrected chi connectivity index (χ4v) is 6.72. The van der Waals surface area contributed by atoms with Gasteiger partial charge in [-0.15, -0.1) is 4.68 Å². The molecule has 0 radical (unpaired) electrons. The zero-order valence-corrected chi connectivity index (χ0v) is 23.9. The van der Waals surface area contributed by atoms with E-state index in [1.807, 2.05) is 11.0 Å². The van der Waals surface area contributed by atoms with Gasteiger partial charge in [0.1, 0.15) is 18.0 Å². The van der Waals surface area contributed by atoms with Crippen molar-refractivity contribution in [2.75, 3.05) is 40.0 Å². The molecule has 13 heteroatoms. The Morgan fingerprint density at radius 1 is 1.07 bits per heavy atom. The van der Waals surface area contributed by atoms with Crippen LogP contribution in [-0.2, 0) is 25.9 Å². The van der Waals surface area contributed by atoms with Crippen LogP contribution >= 0.6 is 0 Å². The molecule has 0 unspecified atom stereocenters. The summed E-state index contributed by atoms with van der Waals surface area (Å²) in [6.07, 6.45) is 2.43. The number of ether oxygens (including phenoxy) is 2. The summed E-state index contributed by atoms with van der Waals surface area (Å²) in [7, 11) is -2.49. The second kappa shape index (κ2) is 12.9. The van der Waals surface area contributed by atoms with Crippen molar-refractivity contribution in [3.8, 4) is 11.4 Å². The molecule has 0 aliphatic carbocycles. The molecule has 12 nitrogen and oxygen atoms in total. The fourth-order valence-electron chi connectivity index (χ4n) is 4.77. The average molecular weight is 574 g/mol. The molecule has 216 valence electrons. The standard InChI is InChI=1S/C27H36N6O6S/c1-21-5-6-23(19-22(21)2)32-20-28-33(30-32)13-4-17-39-24-7-9-25(10-8-24)40(36,37)27(26(34)29-35)11-14-31(15-12-27)16-18-38-3/h5-10,19-20H,4,11-18H2,1-3H3,(H-,28,29,30,34,35)/p+1. The Hall–Kier alpha value is -3.39. The topological polar surface area (TPSA) is 140 Å². The number of likely N-dealkylation sites (tertiary alicyclic amines) is 1. The number of tetrazole rings is 1. The van der Waals surface area contributed by atoms with Crippen LogP contribution in [0.5, 0.6) is 5.75 Å². The molecule has 0 saturated carbocycles. The van der Waals surface area contributed by atoms with Crippen molar-refractivity contribution in [2.24, 2.45) is 0 Å². The molecule has 0 spiro atoms. The van der Waals surface area contributed by atoms with Crippen LogP contribution < -0.4 is 14.9 Å². The molecule has 3 aromatic rings. The van der Waals surface area contributed by atoms with Gasteiger partial charge >= 0.3 is 0 Å². The van der Waals surface area contributed by atoms with E-state index in [2.05, 4.69) is 36.3 Å². The minimum absolute atomic E-state index is 0.00503. The maximum atomic E-state index is 13.6. The summed E-state index contributed by atoms with van der Waals surface area (Å²) in [4.78, 5) is 16.3. The fraction of sp³-hybridized carbons (Fsp3) is 0.481. The van der Waals surface area contributed by atoms with Gasteiger partial charge in [0.05, 0.1) is 28.4 Å². The number of nitrogens with one attached hydrogen (secondary N) is 1. The number of hydrogen-bond donors (Lipinski definition) is 2. The lowest BCUT2D eigenvalue weighted by atomic mass is 9.95. The molecule has 0 bridgehead atoms. The summed E-state index contributed by atoms with van der Waals surface area (Å²) in [5.74, 6) is -0.405. The number of aryl methyl sites for hydroxylation is 3. The number of aromatic nitrogens is 4. The van der Waals surface area contributed by atoms with Crippen LogP contribution in [0.25, 0.3) is 5.69 Å². The van der Waals surface area contributed by atoms with E-state index in [9.17, 15) is 18.4 Å².